The Morgan fingerprint density at radius 3 is 2.93 bits per heavy atom. The molecule has 1 fully saturated rings. The van der Waals surface area contributed by atoms with Gasteiger partial charge in [0.25, 0.3) is 0 Å². The molecule has 1 saturated heterocycles. The first-order valence-corrected chi connectivity index (χ1v) is 9.84. The molecule has 0 aliphatic carbocycles. The van der Waals surface area contributed by atoms with Crippen molar-refractivity contribution in [2.24, 2.45) is 13.0 Å². The number of fused-ring (bicyclic) bond motifs is 1. The third-order valence-corrected chi connectivity index (χ3v) is 5.84. The number of hydrogen-bond acceptors (Lipinski definition) is 5. The lowest BCUT2D eigenvalue weighted by molar-refractivity contribution is -0.125. The van der Waals surface area contributed by atoms with Crippen LogP contribution in [0.25, 0.3) is 5.65 Å². The highest BCUT2D eigenvalue weighted by Crippen LogP contribution is 2.25. The van der Waals surface area contributed by atoms with E-state index in [4.69, 9.17) is 11.6 Å². The molecule has 0 saturated carbocycles. The predicted octanol–water partition coefficient (Wildman–Crippen LogP) is 2.27. The van der Waals surface area contributed by atoms with E-state index in [0.717, 1.165) is 42.3 Å². The minimum atomic E-state index is -0.0856. The van der Waals surface area contributed by atoms with Crippen molar-refractivity contribution in [3.05, 3.63) is 40.3 Å². The minimum absolute atomic E-state index is 0.0687. The third-order valence-electron chi connectivity index (χ3n) is 5.54. The molecule has 1 atom stereocenters. The number of amides is 1. The topological polar surface area (TPSA) is 80.3 Å². The lowest BCUT2D eigenvalue weighted by atomic mass is 9.97. The number of aryl methyl sites for hydroxylation is 2. The molecule has 1 aliphatic rings. The Labute approximate surface area is 168 Å². The van der Waals surface area contributed by atoms with Crippen LogP contribution >= 0.6 is 11.6 Å². The molecule has 9 heteroatoms. The number of nitrogens with zero attached hydrogens (tertiary/aromatic N) is 6. The van der Waals surface area contributed by atoms with Crippen molar-refractivity contribution < 1.29 is 4.79 Å². The molecule has 3 aromatic heterocycles. The van der Waals surface area contributed by atoms with Gasteiger partial charge in [0.1, 0.15) is 0 Å². The van der Waals surface area contributed by atoms with Gasteiger partial charge in [-0.2, -0.15) is 5.10 Å². The van der Waals surface area contributed by atoms with Gasteiger partial charge in [-0.05, 0) is 38.8 Å². The van der Waals surface area contributed by atoms with Gasteiger partial charge in [-0.3, -0.25) is 13.9 Å². The van der Waals surface area contributed by atoms with E-state index in [1.54, 1.807) is 6.07 Å². The van der Waals surface area contributed by atoms with Crippen LogP contribution in [0.15, 0.2) is 18.3 Å². The van der Waals surface area contributed by atoms with E-state index in [0.29, 0.717) is 23.8 Å². The fourth-order valence-corrected chi connectivity index (χ4v) is 4.05. The van der Waals surface area contributed by atoms with Gasteiger partial charge in [-0.15, -0.1) is 10.2 Å². The zero-order valence-corrected chi connectivity index (χ0v) is 17.1. The highest BCUT2D eigenvalue weighted by atomic mass is 35.5. The molecule has 4 rings (SSSR count). The fraction of sp³-hybridized carbons (Fsp3) is 0.474. The van der Waals surface area contributed by atoms with E-state index in [2.05, 4.69) is 25.5 Å². The summed E-state index contributed by atoms with van der Waals surface area (Å²) >= 11 is 6.20. The number of pyridine rings is 1. The first-order valence-electron chi connectivity index (χ1n) is 9.46. The van der Waals surface area contributed by atoms with Crippen LogP contribution in [0, 0.1) is 19.8 Å². The summed E-state index contributed by atoms with van der Waals surface area (Å²) in [6, 6.07) is 3.67. The number of aromatic nitrogens is 5. The van der Waals surface area contributed by atoms with E-state index in [1.165, 1.54) is 0 Å². The largest absolute Gasteiger partial charge is 0.352 e. The van der Waals surface area contributed by atoms with Gasteiger partial charge in [0.2, 0.25) is 11.9 Å². The lowest BCUT2D eigenvalue weighted by Gasteiger charge is -2.32. The fourth-order valence-electron chi connectivity index (χ4n) is 3.85. The maximum atomic E-state index is 12.8. The number of anilines is 1. The maximum absolute atomic E-state index is 12.8. The molecule has 148 valence electrons. The van der Waals surface area contributed by atoms with Gasteiger partial charge in [0.05, 0.1) is 16.6 Å². The Kier molecular flexibility index (Phi) is 4.97. The molecule has 0 aromatic carbocycles. The van der Waals surface area contributed by atoms with Crippen LogP contribution < -0.4 is 10.2 Å². The van der Waals surface area contributed by atoms with Gasteiger partial charge in [0, 0.05) is 44.1 Å². The molecule has 4 heterocycles. The van der Waals surface area contributed by atoms with Crippen LogP contribution in [-0.4, -0.2) is 43.4 Å². The average Bonchev–Trinajstić information content (AvgIpc) is 3.22. The van der Waals surface area contributed by atoms with Gasteiger partial charge >= 0.3 is 0 Å². The van der Waals surface area contributed by atoms with Gasteiger partial charge < -0.3 is 10.2 Å². The zero-order valence-electron chi connectivity index (χ0n) is 16.3. The van der Waals surface area contributed by atoms with Gasteiger partial charge in [-0.1, -0.05) is 11.6 Å². The zero-order chi connectivity index (χ0) is 19.8. The number of rotatable bonds is 4. The molecule has 1 amide bonds. The summed E-state index contributed by atoms with van der Waals surface area (Å²) in [6.45, 7) is 5.95. The Morgan fingerprint density at radius 2 is 2.18 bits per heavy atom. The quantitative estimate of drug-likeness (QED) is 0.725. The van der Waals surface area contributed by atoms with Crippen molar-refractivity contribution in [2.45, 2.75) is 33.2 Å². The van der Waals surface area contributed by atoms with Gasteiger partial charge in [-0.25, -0.2) is 0 Å². The monoisotopic (exact) mass is 401 g/mol. The molecule has 3 aromatic rings. The van der Waals surface area contributed by atoms with Crippen molar-refractivity contribution in [1.82, 2.24) is 29.7 Å². The van der Waals surface area contributed by atoms with Crippen LogP contribution in [0.3, 0.4) is 0 Å². The SMILES string of the molecule is Cc1nn(C)c(C)c1CNC(=O)C1CCCN(c2nnc3c(Cl)cccn23)C1. The highest BCUT2D eigenvalue weighted by molar-refractivity contribution is 6.33. The van der Waals surface area contributed by atoms with Crippen molar-refractivity contribution in [3.63, 3.8) is 0 Å². The lowest BCUT2D eigenvalue weighted by Crippen LogP contribution is -2.43. The normalized spacial score (nSPS) is 17.3. The number of hydrogen-bond donors (Lipinski definition) is 1. The third kappa shape index (κ3) is 3.32. The molecule has 0 radical (unpaired) electrons. The van der Waals surface area contributed by atoms with Crippen LogP contribution in [0.4, 0.5) is 5.95 Å². The van der Waals surface area contributed by atoms with Crippen LogP contribution in [0.1, 0.15) is 29.8 Å². The smallest absolute Gasteiger partial charge is 0.231 e. The van der Waals surface area contributed by atoms with Crippen LogP contribution in [0.5, 0.6) is 0 Å². The summed E-state index contributed by atoms with van der Waals surface area (Å²) in [7, 11) is 1.92. The summed E-state index contributed by atoms with van der Waals surface area (Å²) in [5.74, 6) is 0.714. The van der Waals surface area contributed by atoms with Gasteiger partial charge in [0.15, 0.2) is 5.65 Å². The molecular weight excluding hydrogens is 378 g/mol. The Balaban J connectivity index is 1.46. The molecule has 28 heavy (non-hydrogen) atoms. The minimum Gasteiger partial charge on any atom is -0.352 e. The Bertz CT molecular complexity index is 1020. The summed E-state index contributed by atoms with van der Waals surface area (Å²) < 4.78 is 3.73. The second-order valence-electron chi connectivity index (χ2n) is 7.33. The summed E-state index contributed by atoms with van der Waals surface area (Å²) in [5, 5.41) is 16.6. The number of halogens is 1. The second-order valence-corrected chi connectivity index (χ2v) is 7.73. The number of carbonyl (C=O) groups is 1. The molecule has 1 aliphatic heterocycles. The van der Waals surface area contributed by atoms with Crippen molar-refractivity contribution in [3.8, 4) is 0 Å². The van der Waals surface area contributed by atoms with E-state index < -0.39 is 0 Å². The van der Waals surface area contributed by atoms with E-state index in [1.807, 2.05) is 42.2 Å². The molecule has 1 N–H and O–H groups in total. The molecule has 1 unspecified atom stereocenters. The predicted molar refractivity (Wildman–Crippen MR) is 107 cm³/mol. The second kappa shape index (κ2) is 7.43. The van der Waals surface area contributed by atoms with E-state index >= 15 is 0 Å². The molecule has 8 nitrogen and oxygen atoms in total. The van der Waals surface area contributed by atoms with E-state index in [-0.39, 0.29) is 11.8 Å². The first kappa shape index (κ1) is 18.7. The standard InChI is InChI=1S/C19H24ClN7O/c1-12-15(13(2)25(3)24-12)10-21-18(28)14-6-4-8-26(11-14)19-23-22-17-16(20)7-5-9-27(17)19/h5,7,9,14H,4,6,8,10-11H2,1-3H3,(H,21,28). The Hall–Kier alpha value is -2.61. The summed E-state index contributed by atoms with van der Waals surface area (Å²) in [4.78, 5) is 14.9. The van der Waals surface area contributed by atoms with Crippen LogP contribution in [-0.2, 0) is 18.4 Å². The Morgan fingerprint density at radius 1 is 1.36 bits per heavy atom. The molecule has 0 spiro atoms. The number of nitrogens with one attached hydrogen (secondary N) is 1. The van der Waals surface area contributed by atoms with Crippen molar-refractivity contribution in [2.75, 3.05) is 18.0 Å². The first-order chi connectivity index (χ1) is 13.5. The maximum Gasteiger partial charge on any atom is 0.231 e. The molecule has 0 bridgehead atoms. The number of carbonyl (C=O) groups excluding carboxylic acids is 1. The number of piperidine rings is 1. The summed E-state index contributed by atoms with van der Waals surface area (Å²) in [5.41, 5.74) is 3.75. The van der Waals surface area contributed by atoms with E-state index in [9.17, 15) is 4.79 Å². The van der Waals surface area contributed by atoms with Crippen LogP contribution in [0.2, 0.25) is 5.02 Å². The highest BCUT2D eigenvalue weighted by Gasteiger charge is 2.28. The van der Waals surface area contributed by atoms with Crippen molar-refractivity contribution in [1.29, 1.82) is 0 Å². The molecular formula is C19H24ClN7O. The average molecular weight is 402 g/mol. The van der Waals surface area contributed by atoms with Crippen molar-refractivity contribution >= 4 is 29.1 Å². The summed E-state index contributed by atoms with van der Waals surface area (Å²) in [6.07, 6.45) is 3.69.